The molecule has 0 spiro atoms. The number of pyridine rings is 1. The predicted molar refractivity (Wildman–Crippen MR) is 86.5 cm³/mol. The van der Waals surface area contributed by atoms with Crippen LogP contribution in [0.4, 0.5) is 5.82 Å². The van der Waals surface area contributed by atoms with E-state index in [-0.39, 0.29) is 0 Å². The number of nitrogens with zero attached hydrogens (tertiary/aromatic N) is 2. The molecule has 0 bridgehead atoms. The average molecular weight is 296 g/mol. The summed E-state index contributed by atoms with van der Waals surface area (Å²) < 4.78 is 0. The first-order valence-corrected chi connectivity index (χ1v) is 8.19. The van der Waals surface area contributed by atoms with Crippen LogP contribution in [0.15, 0.2) is 12.1 Å². The summed E-state index contributed by atoms with van der Waals surface area (Å²) in [6.45, 7) is 3.91. The second-order valence-electron chi connectivity index (χ2n) is 5.68. The number of rotatable bonds is 6. The largest absolute Gasteiger partial charge is 0.357 e. The van der Waals surface area contributed by atoms with Gasteiger partial charge in [0.05, 0.1) is 10.7 Å². The maximum atomic E-state index is 6.24. The molecular formula is C16H26ClN3. The quantitative estimate of drug-likeness (QED) is 0.804. The van der Waals surface area contributed by atoms with Crippen molar-refractivity contribution in [1.29, 1.82) is 0 Å². The third-order valence-electron chi connectivity index (χ3n) is 4.11. The number of hydrogen-bond acceptors (Lipinski definition) is 3. The molecule has 1 N–H and O–H groups in total. The van der Waals surface area contributed by atoms with Crippen molar-refractivity contribution in [2.24, 2.45) is 0 Å². The van der Waals surface area contributed by atoms with Gasteiger partial charge < -0.3 is 10.2 Å². The molecule has 0 aromatic carbocycles. The van der Waals surface area contributed by atoms with Crippen molar-refractivity contribution in [3.8, 4) is 0 Å². The fourth-order valence-electron chi connectivity index (χ4n) is 2.83. The molecule has 4 heteroatoms. The Hall–Kier alpha value is -0.800. The SMILES string of the molecule is CCCNCc1nc(N(C)C2CCCCC2)ccc1Cl. The van der Waals surface area contributed by atoms with E-state index in [0.717, 1.165) is 36.0 Å². The zero-order valence-electron chi connectivity index (χ0n) is 12.7. The molecule has 1 aliphatic carbocycles. The summed E-state index contributed by atoms with van der Waals surface area (Å²) in [5, 5.41) is 4.13. The van der Waals surface area contributed by atoms with Gasteiger partial charge in [0.1, 0.15) is 5.82 Å². The standard InChI is InChI=1S/C16H26ClN3/c1-3-11-18-12-15-14(17)9-10-16(19-15)20(2)13-7-5-4-6-8-13/h9-10,13,18H,3-8,11-12H2,1-2H3. The Morgan fingerprint density at radius 3 is 2.75 bits per heavy atom. The van der Waals surface area contributed by atoms with E-state index >= 15 is 0 Å². The zero-order chi connectivity index (χ0) is 14.4. The highest BCUT2D eigenvalue weighted by Gasteiger charge is 2.19. The minimum absolute atomic E-state index is 0.633. The van der Waals surface area contributed by atoms with E-state index in [4.69, 9.17) is 16.6 Å². The molecular weight excluding hydrogens is 270 g/mol. The molecule has 0 aliphatic heterocycles. The van der Waals surface area contributed by atoms with Crippen LogP contribution in [0.1, 0.15) is 51.1 Å². The third-order valence-corrected chi connectivity index (χ3v) is 4.45. The van der Waals surface area contributed by atoms with Gasteiger partial charge >= 0.3 is 0 Å². The molecule has 1 fully saturated rings. The van der Waals surface area contributed by atoms with E-state index in [1.807, 2.05) is 12.1 Å². The number of nitrogens with one attached hydrogen (secondary N) is 1. The van der Waals surface area contributed by atoms with Gasteiger partial charge in [-0.2, -0.15) is 0 Å². The van der Waals surface area contributed by atoms with E-state index in [1.165, 1.54) is 32.1 Å². The second-order valence-corrected chi connectivity index (χ2v) is 6.08. The van der Waals surface area contributed by atoms with E-state index < -0.39 is 0 Å². The van der Waals surface area contributed by atoms with Gasteiger partial charge in [-0.3, -0.25) is 0 Å². The van der Waals surface area contributed by atoms with Crippen LogP contribution in [0.5, 0.6) is 0 Å². The molecule has 3 nitrogen and oxygen atoms in total. The summed E-state index contributed by atoms with van der Waals surface area (Å²) >= 11 is 6.24. The molecule has 20 heavy (non-hydrogen) atoms. The number of anilines is 1. The Labute approximate surface area is 127 Å². The Morgan fingerprint density at radius 2 is 2.05 bits per heavy atom. The fraction of sp³-hybridized carbons (Fsp3) is 0.688. The lowest BCUT2D eigenvalue weighted by Crippen LogP contribution is -2.34. The lowest BCUT2D eigenvalue weighted by atomic mass is 9.94. The van der Waals surface area contributed by atoms with E-state index in [2.05, 4.69) is 24.2 Å². The number of hydrogen-bond donors (Lipinski definition) is 1. The topological polar surface area (TPSA) is 28.2 Å². The van der Waals surface area contributed by atoms with Crippen molar-refractivity contribution < 1.29 is 0 Å². The minimum Gasteiger partial charge on any atom is -0.357 e. The Kier molecular flexibility index (Phi) is 6.11. The second kappa shape index (κ2) is 7.84. The van der Waals surface area contributed by atoms with Crippen molar-refractivity contribution in [2.45, 2.75) is 58.0 Å². The molecule has 1 saturated carbocycles. The van der Waals surface area contributed by atoms with Crippen molar-refractivity contribution in [3.05, 3.63) is 22.8 Å². The monoisotopic (exact) mass is 295 g/mol. The first-order chi connectivity index (χ1) is 9.72. The third kappa shape index (κ3) is 4.10. The smallest absolute Gasteiger partial charge is 0.128 e. The molecule has 1 heterocycles. The molecule has 1 aliphatic rings. The summed E-state index contributed by atoms with van der Waals surface area (Å²) in [6, 6.07) is 4.65. The first-order valence-electron chi connectivity index (χ1n) is 7.81. The minimum atomic E-state index is 0.633. The van der Waals surface area contributed by atoms with Crippen LogP contribution in [-0.4, -0.2) is 24.6 Å². The highest BCUT2D eigenvalue weighted by Crippen LogP contribution is 2.26. The maximum absolute atomic E-state index is 6.24. The number of halogens is 1. The highest BCUT2D eigenvalue weighted by molar-refractivity contribution is 6.31. The molecule has 0 atom stereocenters. The molecule has 2 rings (SSSR count). The van der Waals surface area contributed by atoms with Crippen LogP contribution in [0.3, 0.4) is 0 Å². The van der Waals surface area contributed by atoms with Gasteiger partial charge in [0.2, 0.25) is 0 Å². The van der Waals surface area contributed by atoms with Crippen molar-refractivity contribution in [3.63, 3.8) is 0 Å². The summed E-state index contributed by atoms with van der Waals surface area (Å²) in [5.74, 6) is 1.05. The van der Waals surface area contributed by atoms with Crippen LogP contribution < -0.4 is 10.2 Å². The van der Waals surface area contributed by atoms with E-state index in [0.29, 0.717) is 6.04 Å². The summed E-state index contributed by atoms with van der Waals surface area (Å²) in [6.07, 6.45) is 7.75. The van der Waals surface area contributed by atoms with E-state index in [1.54, 1.807) is 0 Å². The summed E-state index contributed by atoms with van der Waals surface area (Å²) in [4.78, 5) is 7.08. The fourth-order valence-corrected chi connectivity index (χ4v) is 3.00. The number of aromatic nitrogens is 1. The molecule has 0 radical (unpaired) electrons. The van der Waals surface area contributed by atoms with Crippen molar-refractivity contribution in [1.82, 2.24) is 10.3 Å². The Bertz CT molecular complexity index is 416. The molecule has 1 aromatic rings. The van der Waals surface area contributed by atoms with Gasteiger partial charge in [0.25, 0.3) is 0 Å². The summed E-state index contributed by atoms with van der Waals surface area (Å²) in [7, 11) is 2.16. The van der Waals surface area contributed by atoms with Gasteiger partial charge in [-0.05, 0) is 37.9 Å². The molecule has 0 unspecified atom stereocenters. The molecule has 112 valence electrons. The Morgan fingerprint density at radius 1 is 1.30 bits per heavy atom. The van der Waals surface area contributed by atoms with Crippen LogP contribution in [-0.2, 0) is 6.54 Å². The van der Waals surface area contributed by atoms with E-state index in [9.17, 15) is 0 Å². The van der Waals surface area contributed by atoms with Gasteiger partial charge in [0, 0.05) is 19.6 Å². The molecule has 0 saturated heterocycles. The average Bonchev–Trinajstić information content (AvgIpc) is 2.49. The predicted octanol–water partition coefficient (Wildman–Crippen LogP) is 4.00. The van der Waals surface area contributed by atoms with Crippen LogP contribution in [0.2, 0.25) is 5.02 Å². The lowest BCUT2D eigenvalue weighted by molar-refractivity contribution is 0.426. The van der Waals surface area contributed by atoms with Gasteiger partial charge in [-0.1, -0.05) is 37.8 Å². The summed E-state index contributed by atoms with van der Waals surface area (Å²) in [5.41, 5.74) is 0.959. The van der Waals surface area contributed by atoms with Crippen LogP contribution >= 0.6 is 11.6 Å². The van der Waals surface area contributed by atoms with Gasteiger partial charge in [0.15, 0.2) is 0 Å². The molecule has 0 amide bonds. The van der Waals surface area contributed by atoms with Crippen LogP contribution in [0, 0.1) is 0 Å². The first kappa shape index (κ1) is 15.6. The maximum Gasteiger partial charge on any atom is 0.128 e. The van der Waals surface area contributed by atoms with Crippen LogP contribution in [0.25, 0.3) is 0 Å². The van der Waals surface area contributed by atoms with Crippen molar-refractivity contribution >= 4 is 17.4 Å². The lowest BCUT2D eigenvalue weighted by Gasteiger charge is -2.32. The zero-order valence-corrected chi connectivity index (χ0v) is 13.4. The van der Waals surface area contributed by atoms with Gasteiger partial charge in [-0.25, -0.2) is 4.98 Å². The highest BCUT2D eigenvalue weighted by atomic mass is 35.5. The van der Waals surface area contributed by atoms with Gasteiger partial charge in [-0.15, -0.1) is 0 Å². The van der Waals surface area contributed by atoms with Crippen molar-refractivity contribution in [2.75, 3.05) is 18.5 Å². The molecule has 1 aromatic heterocycles. The Balaban J connectivity index is 2.05. The normalized spacial score (nSPS) is 16.4.